The third-order valence-corrected chi connectivity index (χ3v) is 4.69. The Morgan fingerprint density at radius 3 is 2.77 bits per heavy atom. The summed E-state index contributed by atoms with van der Waals surface area (Å²) in [6.45, 7) is 0. The molecule has 1 atom stereocenters. The minimum atomic E-state index is -0.272. The molecule has 0 aliphatic carbocycles. The summed E-state index contributed by atoms with van der Waals surface area (Å²) in [6.07, 6.45) is 6.15. The van der Waals surface area contributed by atoms with Crippen molar-refractivity contribution in [2.75, 3.05) is 17.7 Å². The van der Waals surface area contributed by atoms with Crippen LogP contribution in [0, 0.1) is 5.41 Å². The second-order valence-corrected chi connectivity index (χ2v) is 6.47. The van der Waals surface area contributed by atoms with Gasteiger partial charge in [-0.25, -0.2) is 9.78 Å². The number of carbonyl (C=O) groups is 1. The van der Waals surface area contributed by atoms with Gasteiger partial charge >= 0.3 is 6.03 Å². The SMILES string of the molecule is CNc1c(C=N)cc2nc1CCCCCC(c1ccccc1)NC(=O)N2. The molecule has 0 fully saturated rings. The van der Waals surface area contributed by atoms with Crippen molar-refractivity contribution in [3.05, 3.63) is 53.2 Å². The first-order valence-corrected chi connectivity index (χ1v) is 9.06. The van der Waals surface area contributed by atoms with Crippen LogP contribution < -0.4 is 16.0 Å². The first-order chi connectivity index (χ1) is 12.7. The van der Waals surface area contributed by atoms with Crippen molar-refractivity contribution in [3.63, 3.8) is 0 Å². The average Bonchev–Trinajstić information content (AvgIpc) is 2.66. The first-order valence-electron chi connectivity index (χ1n) is 9.06. The quantitative estimate of drug-likeness (QED) is 0.628. The smallest absolute Gasteiger partial charge is 0.320 e. The lowest BCUT2D eigenvalue weighted by Crippen LogP contribution is -2.33. The van der Waals surface area contributed by atoms with Crippen molar-refractivity contribution < 1.29 is 4.79 Å². The monoisotopic (exact) mass is 351 g/mol. The Hall–Kier alpha value is -2.89. The van der Waals surface area contributed by atoms with Crippen molar-refractivity contribution in [2.24, 2.45) is 0 Å². The highest BCUT2D eigenvalue weighted by Gasteiger charge is 2.17. The predicted molar refractivity (Wildman–Crippen MR) is 105 cm³/mol. The number of hydrogen-bond donors (Lipinski definition) is 4. The molecule has 3 rings (SSSR count). The van der Waals surface area contributed by atoms with Crippen LogP contribution in [0.1, 0.15) is 48.5 Å². The van der Waals surface area contributed by atoms with Gasteiger partial charge in [-0.1, -0.05) is 43.2 Å². The Bertz CT molecular complexity index is 775. The van der Waals surface area contributed by atoms with Crippen LogP contribution in [0.5, 0.6) is 0 Å². The van der Waals surface area contributed by atoms with E-state index in [0.29, 0.717) is 5.82 Å². The highest BCUT2D eigenvalue weighted by atomic mass is 16.2. The molecule has 0 saturated heterocycles. The summed E-state index contributed by atoms with van der Waals surface area (Å²) in [5, 5.41) is 16.7. The van der Waals surface area contributed by atoms with E-state index in [4.69, 9.17) is 5.41 Å². The molecule has 2 aromatic rings. The predicted octanol–water partition coefficient (Wildman–Crippen LogP) is 4.10. The van der Waals surface area contributed by atoms with E-state index in [2.05, 4.69) is 20.9 Å². The minimum absolute atomic E-state index is 0.0195. The van der Waals surface area contributed by atoms with Crippen LogP contribution in [0.3, 0.4) is 0 Å². The summed E-state index contributed by atoms with van der Waals surface area (Å²) in [7, 11) is 1.83. The Labute approximate surface area is 153 Å². The Morgan fingerprint density at radius 1 is 1.23 bits per heavy atom. The fraction of sp³-hybridized carbons (Fsp3) is 0.350. The molecule has 1 aliphatic rings. The van der Waals surface area contributed by atoms with Crippen LogP contribution in [-0.2, 0) is 6.42 Å². The normalized spacial score (nSPS) is 17.9. The summed E-state index contributed by atoms with van der Waals surface area (Å²) < 4.78 is 0. The molecule has 1 aliphatic heterocycles. The molecule has 136 valence electrons. The molecular weight excluding hydrogens is 326 g/mol. The van der Waals surface area contributed by atoms with Crippen molar-refractivity contribution >= 4 is 23.8 Å². The van der Waals surface area contributed by atoms with E-state index in [9.17, 15) is 4.79 Å². The van der Waals surface area contributed by atoms with Crippen LogP contribution in [0.2, 0.25) is 0 Å². The van der Waals surface area contributed by atoms with Gasteiger partial charge in [-0.05, 0) is 30.9 Å². The maximum atomic E-state index is 12.5. The molecule has 1 unspecified atom stereocenters. The zero-order valence-corrected chi connectivity index (χ0v) is 15.0. The van der Waals surface area contributed by atoms with E-state index < -0.39 is 0 Å². The molecule has 2 amide bonds. The molecule has 6 heteroatoms. The summed E-state index contributed by atoms with van der Waals surface area (Å²) >= 11 is 0. The van der Waals surface area contributed by atoms with E-state index in [1.165, 1.54) is 6.21 Å². The van der Waals surface area contributed by atoms with Gasteiger partial charge in [0.2, 0.25) is 0 Å². The molecule has 4 N–H and O–H groups in total. The molecule has 2 heterocycles. The van der Waals surface area contributed by atoms with Gasteiger partial charge in [0.05, 0.1) is 17.4 Å². The Morgan fingerprint density at radius 2 is 2.04 bits per heavy atom. The van der Waals surface area contributed by atoms with Gasteiger partial charge in [-0.3, -0.25) is 5.32 Å². The molecule has 1 aromatic carbocycles. The number of rotatable bonds is 3. The number of hydrogen-bond acceptors (Lipinski definition) is 4. The van der Waals surface area contributed by atoms with Crippen LogP contribution in [0.25, 0.3) is 0 Å². The number of fused-ring (bicyclic) bond motifs is 2. The van der Waals surface area contributed by atoms with Crippen molar-refractivity contribution in [3.8, 4) is 0 Å². The third kappa shape index (κ3) is 4.20. The molecule has 0 spiro atoms. The van der Waals surface area contributed by atoms with Gasteiger partial charge in [0.1, 0.15) is 5.82 Å². The minimum Gasteiger partial charge on any atom is -0.386 e. The van der Waals surface area contributed by atoms with E-state index >= 15 is 0 Å². The van der Waals surface area contributed by atoms with Crippen LogP contribution >= 0.6 is 0 Å². The second-order valence-electron chi connectivity index (χ2n) is 6.47. The number of pyridine rings is 1. The number of aryl methyl sites for hydroxylation is 1. The summed E-state index contributed by atoms with van der Waals surface area (Å²) in [6, 6.07) is 11.5. The number of anilines is 2. The number of nitrogens with one attached hydrogen (secondary N) is 4. The van der Waals surface area contributed by atoms with E-state index in [1.807, 2.05) is 37.4 Å². The van der Waals surface area contributed by atoms with Gasteiger partial charge in [0.25, 0.3) is 0 Å². The Balaban J connectivity index is 1.88. The number of carbonyl (C=O) groups excluding carboxylic acids is 1. The van der Waals surface area contributed by atoms with Gasteiger partial charge in [0.15, 0.2) is 0 Å². The highest BCUT2D eigenvalue weighted by Crippen LogP contribution is 2.26. The van der Waals surface area contributed by atoms with Gasteiger partial charge in [-0.2, -0.15) is 0 Å². The fourth-order valence-electron chi connectivity index (χ4n) is 3.40. The largest absolute Gasteiger partial charge is 0.386 e. The highest BCUT2D eigenvalue weighted by molar-refractivity contribution is 5.92. The van der Waals surface area contributed by atoms with E-state index in [-0.39, 0.29) is 12.1 Å². The number of aromatic nitrogens is 1. The van der Waals surface area contributed by atoms with Gasteiger partial charge in [0, 0.05) is 18.8 Å². The lowest BCUT2D eigenvalue weighted by molar-refractivity contribution is 0.247. The number of nitrogens with zero attached hydrogens (tertiary/aromatic N) is 1. The zero-order chi connectivity index (χ0) is 18.4. The van der Waals surface area contributed by atoms with Crippen LogP contribution in [0.15, 0.2) is 36.4 Å². The van der Waals surface area contributed by atoms with Crippen molar-refractivity contribution in [1.82, 2.24) is 10.3 Å². The maximum absolute atomic E-state index is 12.5. The third-order valence-electron chi connectivity index (χ3n) is 4.69. The van der Waals surface area contributed by atoms with Crippen molar-refractivity contribution in [1.29, 1.82) is 5.41 Å². The Kier molecular flexibility index (Phi) is 5.84. The van der Waals surface area contributed by atoms with E-state index in [1.54, 1.807) is 6.07 Å². The molecular formula is C20H25N5O. The fourth-order valence-corrected chi connectivity index (χ4v) is 3.40. The van der Waals surface area contributed by atoms with Gasteiger partial charge in [-0.15, -0.1) is 0 Å². The van der Waals surface area contributed by atoms with Crippen LogP contribution in [0.4, 0.5) is 16.3 Å². The standard InChI is InChI=1S/C20H25N5O/c1-22-19-15(13-21)12-18-23-17(19)11-7-3-6-10-16(24-20(26)25-18)14-8-4-2-5-9-14/h2,4-5,8-9,12-13,16,21-22H,3,6-7,10-11H2,1H3,(H2,23,24,25,26). The van der Waals surface area contributed by atoms with Crippen molar-refractivity contribution in [2.45, 2.75) is 38.1 Å². The second kappa shape index (κ2) is 8.47. The molecule has 0 saturated carbocycles. The summed E-state index contributed by atoms with van der Waals surface area (Å²) in [5.74, 6) is 0.474. The molecule has 1 aromatic heterocycles. The molecule has 2 bridgehead atoms. The summed E-state index contributed by atoms with van der Waals surface area (Å²) in [5.41, 5.74) is 3.60. The molecule has 26 heavy (non-hydrogen) atoms. The van der Waals surface area contributed by atoms with Gasteiger partial charge < -0.3 is 16.0 Å². The number of benzene rings is 1. The summed E-state index contributed by atoms with van der Waals surface area (Å²) in [4.78, 5) is 17.1. The topological polar surface area (TPSA) is 89.9 Å². The lowest BCUT2D eigenvalue weighted by Gasteiger charge is -2.21. The zero-order valence-electron chi connectivity index (χ0n) is 15.0. The molecule has 0 radical (unpaired) electrons. The van der Waals surface area contributed by atoms with Crippen LogP contribution in [-0.4, -0.2) is 24.3 Å². The molecule has 6 nitrogen and oxygen atoms in total. The lowest BCUT2D eigenvalue weighted by atomic mass is 9.99. The van der Waals surface area contributed by atoms with E-state index in [0.717, 1.165) is 54.6 Å². The number of amides is 2. The maximum Gasteiger partial charge on any atom is 0.320 e. The number of urea groups is 1. The average molecular weight is 351 g/mol. The first kappa shape index (κ1) is 17.9.